The van der Waals surface area contributed by atoms with E-state index in [0.29, 0.717) is 27.8 Å². The number of hydrogen-bond acceptors (Lipinski definition) is 6. The number of hydrogen-bond donors (Lipinski definition) is 1. The molecule has 2 aromatic carbocycles. The summed E-state index contributed by atoms with van der Waals surface area (Å²) >= 11 is 5.32. The predicted molar refractivity (Wildman–Crippen MR) is 107 cm³/mol. The summed E-state index contributed by atoms with van der Waals surface area (Å²) < 4.78 is 18.1. The molecule has 1 heterocycles. The smallest absolute Gasteiger partial charge is 0.216 e. The van der Waals surface area contributed by atoms with E-state index in [0.717, 1.165) is 11.1 Å². The van der Waals surface area contributed by atoms with Crippen LogP contribution in [0.1, 0.15) is 11.1 Å². The van der Waals surface area contributed by atoms with Gasteiger partial charge in [-0.2, -0.15) is 14.9 Å². The van der Waals surface area contributed by atoms with Crippen LogP contribution in [-0.2, 0) is 0 Å². The van der Waals surface area contributed by atoms with Gasteiger partial charge >= 0.3 is 0 Å². The van der Waals surface area contributed by atoms with Crippen LogP contribution in [0.4, 0.5) is 0 Å². The van der Waals surface area contributed by atoms with Crippen molar-refractivity contribution in [1.82, 2.24) is 14.9 Å². The summed E-state index contributed by atoms with van der Waals surface area (Å²) in [4.78, 5) is 0. The summed E-state index contributed by atoms with van der Waals surface area (Å²) in [6.45, 7) is 2.04. The summed E-state index contributed by atoms with van der Waals surface area (Å²) in [5.41, 5.74) is 2.86. The third kappa shape index (κ3) is 3.85. The second-order valence-electron chi connectivity index (χ2n) is 5.73. The lowest BCUT2D eigenvalue weighted by atomic mass is 10.1. The summed E-state index contributed by atoms with van der Waals surface area (Å²) in [7, 11) is 4.68. The Hall–Kier alpha value is -3.13. The highest BCUT2D eigenvalue weighted by Crippen LogP contribution is 2.40. The van der Waals surface area contributed by atoms with E-state index in [-0.39, 0.29) is 0 Å². The second kappa shape index (κ2) is 8.05. The Kier molecular flexibility index (Phi) is 5.56. The predicted octanol–water partition coefficient (Wildman–Crippen LogP) is 3.82. The van der Waals surface area contributed by atoms with Gasteiger partial charge < -0.3 is 14.2 Å². The Morgan fingerprint density at radius 2 is 1.67 bits per heavy atom. The molecule has 0 unspecified atom stereocenters. The highest BCUT2D eigenvalue weighted by molar-refractivity contribution is 7.71. The average molecular weight is 384 g/mol. The van der Waals surface area contributed by atoms with Crippen molar-refractivity contribution in [2.75, 3.05) is 21.3 Å². The number of nitrogens with zero attached hydrogens (tertiary/aromatic N) is 3. The summed E-state index contributed by atoms with van der Waals surface area (Å²) in [6.07, 6.45) is 1.73. The molecule has 0 aliphatic heterocycles. The van der Waals surface area contributed by atoms with Crippen molar-refractivity contribution >= 4 is 18.4 Å². The Morgan fingerprint density at radius 3 is 2.22 bits per heavy atom. The van der Waals surface area contributed by atoms with Crippen LogP contribution in [0.3, 0.4) is 0 Å². The largest absolute Gasteiger partial charge is 0.493 e. The van der Waals surface area contributed by atoms with Gasteiger partial charge in [0.1, 0.15) is 0 Å². The van der Waals surface area contributed by atoms with Crippen molar-refractivity contribution in [2.45, 2.75) is 6.92 Å². The van der Waals surface area contributed by atoms with Gasteiger partial charge in [0.05, 0.1) is 27.5 Å². The van der Waals surface area contributed by atoms with Crippen molar-refractivity contribution < 1.29 is 14.2 Å². The molecule has 27 heavy (non-hydrogen) atoms. The van der Waals surface area contributed by atoms with Crippen LogP contribution in [0, 0.1) is 11.7 Å². The van der Waals surface area contributed by atoms with Crippen LogP contribution in [0.25, 0.3) is 11.4 Å². The SMILES string of the molecule is COc1cc(-c2n[nH]c(=S)n2/N=C/c2ccc(C)cc2)cc(OC)c1OC. The van der Waals surface area contributed by atoms with Gasteiger partial charge in [0.2, 0.25) is 10.5 Å². The highest BCUT2D eigenvalue weighted by atomic mass is 32.1. The molecule has 8 heteroatoms. The summed E-state index contributed by atoms with van der Waals surface area (Å²) in [6, 6.07) is 11.6. The molecule has 3 rings (SSSR count). The normalized spacial score (nSPS) is 11.0. The van der Waals surface area contributed by atoms with Gasteiger partial charge in [0, 0.05) is 5.56 Å². The van der Waals surface area contributed by atoms with Gasteiger partial charge in [-0.05, 0) is 36.8 Å². The maximum atomic E-state index is 5.41. The van der Waals surface area contributed by atoms with Gasteiger partial charge in [-0.25, -0.2) is 5.10 Å². The molecular formula is C19H20N4O3S. The molecule has 140 valence electrons. The van der Waals surface area contributed by atoms with E-state index < -0.39 is 0 Å². The molecule has 1 aromatic heterocycles. The highest BCUT2D eigenvalue weighted by Gasteiger charge is 2.17. The third-order valence-electron chi connectivity index (χ3n) is 3.97. The molecule has 1 N–H and O–H groups in total. The zero-order valence-corrected chi connectivity index (χ0v) is 16.3. The Bertz CT molecular complexity index is 997. The van der Waals surface area contributed by atoms with Crippen LogP contribution < -0.4 is 14.2 Å². The standard InChI is InChI=1S/C19H20N4O3S/c1-12-5-7-13(8-6-12)11-20-23-18(21-22-19(23)27)14-9-15(24-2)17(26-4)16(10-14)25-3/h5-11H,1-4H3,(H,22,27)/b20-11+. The van der Waals surface area contributed by atoms with Crippen LogP contribution >= 0.6 is 12.2 Å². The number of aromatic nitrogens is 3. The molecule has 0 radical (unpaired) electrons. The van der Waals surface area contributed by atoms with Crippen molar-refractivity contribution in [3.8, 4) is 28.6 Å². The first-order valence-electron chi connectivity index (χ1n) is 8.16. The molecule has 0 fully saturated rings. The van der Waals surface area contributed by atoms with E-state index in [4.69, 9.17) is 26.4 Å². The topological polar surface area (TPSA) is 73.7 Å². The Morgan fingerprint density at radius 1 is 1.04 bits per heavy atom. The number of aromatic amines is 1. The van der Waals surface area contributed by atoms with Crippen LogP contribution in [0.15, 0.2) is 41.5 Å². The fourth-order valence-corrected chi connectivity index (χ4v) is 2.75. The van der Waals surface area contributed by atoms with Gasteiger partial charge in [0.15, 0.2) is 17.3 Å². The van der Waals surface area contributed by atoms with E-state index >= 15 is 0 Å². The minimum Gasteiger partial charge on any atom is -0.493 e. The molecule has 0 aliphatic carbocycles. The summed E-state index contributed by atoms with van der Waals surface area (Å²) in [5, 5.41) is 11.5. The molecule has 0 amide bonds. The van der Waals surface area contributed by atoms with Gasteiger partial charge in [-0.1, -0.05) is 29.8 Å². The maximum Gasteiger partial charge on any atom is 0.216 e. The van der Waals surface area contributed by atoms with E-state index in [9.17, 15) is 0 Å². The number of rotatable bonds is 6. The average Bonchev–Trinajstić information content (AvgIpc) is 3.06. The number of methoxy groups -OCH3 is 3. The second-order valence-corrected chi connectivity index (χ2v) is 6.12. The number of aryl methyl sites for hydroxylation is 1. The molecule has 0 bridgehead atoms. The van der Waals surface area contributed by atoms with Crippen LogP contribution in [-0.4, -0.2) is 42.4 Å². The van der Waals surface area contributed by atoms with Gasteiger partial charge in [0.25, 0.3) is 0 Å². The van der Waals surface area contributed by atoms with Gasteiger partial charge in [-0.3, -0.25) is 0 Å². The minimum atomic E-state index is 0.377. The number of benzene rings is 2. The lowest BCUT2D eigenvalue weighted by Gasteiger charge is -2.13. The minimum absolute atomic E-state index is 0.377. The van der Waals surface area contributed by atoms with Crippen molar-refractivity contribution in [3.63, 3.8) is 0 Å². The fourth-order valence-electron chi connectivity index (χ4n) is 2.57. The molecular weight excluding hydrogens is 364 g/mol. The van der Waals surface area contributed by atoms with E-state index in [1.54, 1.807) is 44.4 Å². The Balaban J connectivity index is 2.06. The van der Waals surface area contributed by atoms with Crippen molar-refractivity contribution in [3.05, 3.63) is 52.3 Å². The first-order chi connectivity index (χ1) is 13.1. The Labute approximate surface area is 162 Å². The zero-order chi connectivity index (χ0) is 19.4. The monoisotopic (exact) mass is 384 g/mol. The number of H-pyrrole nitrogens is 1. The van der Waals surface area contributed by atoms with E-state index in [2.05, 4.69) is 15.3 Å². The number of nitrogens with one attached hydrogen (secondary N) is 1. The van der Waals surface area contributed by atoms with Crippen LogP contribution in [0.5, 0.6) is 17.2 Å². The molecule has 0 saturated heterocycles. The van der Waals surface area contributed by atoms with Gasteiger partial charge in [-0.15, -0.1) is 0 Å². The lowest BCUT2D eigenvalue weighted by molar-refractivity contribution is 0.324. The third-order valence-corrected chi connectivity index (χ3v) is 4.24. The summed E-state index contributed by atoms with van der Waals surface area (Å²) in [5.74, 6) is 2.08. The van der Waals surface area contributed by atoms with E-state index in [1.165, 1.54) is 5.56 Å². The van der Waals surface area contributed by atoms with Crippen molar-refractivity contribution in [1.29, 1.82) is 0 Å². The first kappa shape index (κ1) is 18.7. The molecule has 0 aliphatic rings. The molecule has 7 nitrogen and oxygen atoms in total. The number of ether oxygens (including phenoxy) is 3. The van der Waals surface area contributed by atoms with Crippen LogP contribution in [0.2, 0.25) is 0 Å². The molecule has 0 spiro atoms. The quantitative estimate of drug-likeness (QED) is 0.517. The van der Waals surface area contributed by atoms with E-state index in [1.807, 2.05) is 31.2 Å². The lowest BCUT2D eigenvalue weighted by Crippen LogP contribution is -1.99. The molecule has 0 atom stereocenters. The fraction of sp³-hybridized carbons (Fsp3) is 0.211. The zero-order valence-electron chi connectivity index (χ0n) is 15.5. The molecule has 0 saturated carbocycles. The first-order valence-corrected chi connectivity index (χ1v) is 8.57. The maximum absolute atomic E-state index is 5.41. The van der Waals surface area contributed by atoms with Crippen molar-refractivity contribution in [2.24, 2.45) is 5.10 Å². The molecule has 3 aromatic rings.